The zero-order chi connectivity index (χ0) is 8.36. The molecule has 0 aromatic carbocycles. The second-order valence-electron chi connectivity index (χ2n) is 1.72. The molecule has 1 heteroatoms. The predicted molar refractivity (Wildman–Crippen MR) is 48.1 cm³/mol. The van der Waals surface area contributed by atoms with Crippen molar-refractivity contribution >= 4 is 0 Å². The molecule has 0 aliphatic rings. The third-order valence-electron chi connectivity index (χ3n) is 0.828. The molecular weight excluding hydrogens is 136 g/mol. The maximum Gasteiger partial charge on any atom is 0.108 e. The first-order valence-electron chi connectivity index (χ1n) is 3.36. The van der Waals surface area contributed by atoms with E-state index in [0.29, 0.717) is 13.2 Å². The topological polar surface area (TPSA) is 9.23 Å². The average molecular weight is 148 g/mol. The number of hydrogen-bond donors (Lipinski definition) is 0. The van der Waals surface area contributed by atoms with Gasteiger partial charge in [-0.05, 0) is 6.08 Å². The Hall–Kier alpha value is -1.26. The molecule has 0 amide bonds. The van der Waals surface area contributed by atoms with E-state index in [1.165, 1.54) is 0 Å². The van der Waals surface area contributed by atoms with Crippen molar-refractivity contribution in [2.75, 3.05) is 13.2 Å². The van der Waals surface area contributed by atoms with E-state index >= 15 is 0 Å². The molecule has 0 spiro atoms. The smallest absolute Gasteiger partial charge is 0.108 e. The molecule has 0 saturated carbocycles. The van der Waals surface area contributed by atoms with Gasteiger partial charge in [-0.3, -0.25) is 0 Å². The summed E-state index contributed by atoms with van der Waals surface area (Å²) >= 11 is 0. The summed E-state index contributed by atoms with van der Waals surface area (Å²) in [5.41, 5.74) is 0. The Balaban J connectivity index is 3.32. The van der Waals surface area contributed by atoms with Crippen molar-refractivity contribution in [1.29, 1.82) is 0 Å². The molecule has 0 N–H and O–H groups in total. The van der Waals surface area contributed by atoms with Gasteiger partial charge in [-0.1, -0.05) is 36.6 Å². The standard InChI is InChI=1S/C10H12O/c1-3-5-6-7-8-10-11-9-4-2/h3-6H,1-2,9-10H2. The van der Waals surface area contributed by atoms with Crippen LogP contribution in [0.2, 0.25) is 0 Å². The molecule has 1 nitrogen and oxygen atoms in total. The highest BCUT2D eigenvalue weighted by Gasteiger charge is 1.72. The molecule has 0 fully saturated rings. The molecule has 0 unspecified atom stereocenters. The Morgan fingerprint density at radius 3 is 2.82 bits per heavy atom. The summed E-state index contributed by atoms with van der Waals surface area (Å²) in [5, 5.41) is 0. The van der Waals surface area contributed by atoms with Crippen LogP contribution in [0.25, 0.3) is 0 Å². The second-order valence-corrected chi connectivity index (χ2v) is 1.72. The first kappa shape index (κ1) is 9.74. The van der Waals surface area contributed by atoms with Gasteiger partial charge in [0.05, 0.1) is 6.61 Å². The van der Waals surface area contributed by atoms with Crippen molar-refractivity contribution in [1.82, 2.24) is 0 Å². The third-order valence-corrected chi connectivity index (χ3v) is 0.828. The highest BCUT2D eigenvalue weighted by atomic mass is 16.5. The van der Waals surface area contributed by atoms with Crippen LogP contribution in [0.3, 0.4) is 0 Å². The zero-order valence-corrected chi connectivity index (χ0v) is 6.55. The fourth-order valence-electron chi connectivity index (χ4n) is 0.410. The Morgan fingerprint density at radius 2 is 2.18 bits per heavy atom. The largest absolute Gasteiger partial charge is 0.365 e. The minimum absolute atomic E-state index is 0.452. The lowest BCUT2D eigenvalue weighted by atomic mass is 10.5. The quantitative estimate of drug-likeness (QED) is 0.256. The van der Waals surface area contributed by atoms with Crippen molar-refractivity contribution < 1.29 is 4.74 Å². The first-order chi connectivity index (χ1) is 5.41. The predicted octanol–water partition coefficient (Wildman–Crippen LogP) is 1.93. The van der Waals surface area contributed by atoms with Crippen LogP contribution in [-0.2, 0) is 4.74 Å². The molecule has 0 saturated heterocycles. The Bertz CT molecular complexity index is 191. The van der Waals surface area contributed by atoms with Gasteiger partial charge < -0.3 is 4.74 Å². The molecule has 0 rings (SSSR count). The van der Waals surface area contributed by atoms with E-state index in [-0.39, 0.29) is 0 Å². The lowest BCUT2D eigenvalue weighted by Crippen LogP contribution is -1.89. The SMILES string of the molecule is C=CC=CC#CCOCC=C. The molecule has 0 aliphatic heterocycles. The lowest BCUT2D eigenvalue weighted by molar-refractivity contribution is 0.199. The van der Waals surface area contributed by atoms with Crippen molar-refractivity contribution in [2.24, 2.45) is 0 Å². The molecular formula is C10H12O. The molecule has 0 radical (unpaired) electrons. The summed E-state index contributed by atoms with van der Waals surface area (Å²) in [5.74, 6) is 5.58. The van der Waals surface area contributed by atoms with Crippen LogP contribution in [0, 0.1) is 11.8 Å². The molecule has 58 valence electrons. The Labute approximate surface area is 68.1 Å². The zero-order valence-electron chi connectivity index (χ0n) is 6.55. The van der Waals surface area contributed by atoms with E-state index in [4.69, 9.17) is 4.74 Å². The minimum Gasteiger partial charge on any atom is -0.365 e. The fourth-order valence-corrected chi connectivity index (χ4v) is 0.410. The van der Waals surface area contributed by atoms with Crippen molar-refractivity contribution in [3.05, 3.63) is 37.5 Å². The summed E-state index contributed by atoms with van der Waals surface area (Å²) in [7, 11) is 0. The summed E-state index contributed by atoms with van der Waals surface area (Å²) in [4.78, 5) is 0. The Kier molecular flexibility index (Phi) is 7.74. The molecule has 0 aliphatic carbocycles. The monoisotopic (exact) mass is 148 g/mol. The van der Waals surface area contributed by atoms with Gasteiger partial charge in [-0.2, -0.15) is 0 Å². The van der Waals surface area contributed by atoms with Gasteiger partial charge in [-0.25, -0.2) is 0 Å². The number of allylic oxidation sites excluding steroid dienone is 3. The van der Waals surface area contributed by atoms with Gasteiger partial charge >= 0.3 is 0 Å². The first-order valence-corrected chi connectivity index (χ1v) is 3.36. The van der Waals surface area contributed by atoms with Crippen LogP contribution >= 0.6 is 0 Å². The third kappa shape index (κ3) is 8.74. The normalized spacial score (nSPS) is 8.73. The molecule has 0 atom stereocenters. The van der Waals surface area contributed by atoms with E-state index in [9.17, 15) is 0 Å². The van der Waals surface area contributed by atoms with E-state index in [0.717, 1.165) is 0 Å². The van der Waals surface area contributed by atoms with Crippen LogP contribution in [0.4, 0.5) is 0 Å². The van der Waals surface area contributed by atoms with E-state index in [1.807, 2.05) is 0 Å². The molecule has 0 aromatic heterocycles. The molecule has 11 heavy (non-hydrogen) atoms. The Morgan fingerprint density at radius 1 is 1.36 bits per heavy atom. The fraction of sp³-hybridized carbons (Fsp3) is 0.200. The highest BCUT2D eigenvalue weighted by Crippen LogP contribution is 1.73. The van der Waals surface area contributed by atoms with Crippen LogP contribution < -0.4 is 0 Å². The van der Waals surface area contributed by atoms with E-state index in [1.54, 1.807) is 24.3 Å². The van der Waals surface area contributed by atoms with Crippen molar-refractivity contribution in [2.45, 2.75) is 0 Å². The molecule has 0 aromatic rings. The van der Waals surface area contributed by atoms with E-state index < -0.39 is 0 Å². The van der Waals surface area contributed by atoms with Gasteiger partial charge in [0.25, 0.3) is 0 Å². The molecule has 0 heterocycles. The second kappa shape index (κ2) is 8.74. The average Bonchev–Trinajstić information content (AvgIpc) is 2.03. The summed E-state index contributed by atoms with van der Waals surface area (Å²) in [6.07, 6.45) is 6.88. The maximum absolute atomic E-state index is 5.01. The number of ether oxygens (including phenoxy) is 1. The van der Waals surface area contributed by atoms with E-state index in [2.05, 4.69) is 25.0 Å². The van der Waals surface area contributed by atoms with Crippen LogP contribution in [0.1, 0.15) is 0 Å². The van der Waals surface area contributed by atoms with Gasteiger partial charge in [0.15, 0.2) is 0 Å². The summed E-state index contributed by atoms with van der Waals surface area (Å²) in [6.45, 7) is 8.02. The van der Waals surface area contributed by atoms with Gasteiger partial charge in [-0.15, -0.1) is 6.58 Å². The van der Waals surface area contributed by atoms with Gasteiger partial charge in [0.1, 0.15) is 6.61 Å². The van der Waals surface area contributed by atoms with Gasteiger partial charge in [0.2, 0.25) is 0 Å². The summed E-state index contributed by atoms with van der Waals surface area (Å²) in [6, 6.07) is 0. The van der Waals surface area contributed by atoms with Crippen molar-refractivity contribution in [3.63, 3.8) is 0 Å². The maximum atomic E-state index is 5.01. The van der Waals surface area contributed by atoms with Crippen LogP contribution in [0.5, 0.6) is 0 Å². The van der Waals surface area contributed by atoms with Crippen molar-refractivity contribution in [3.8, 4) is 11.8 Å². The highest BCUT2D eigenvalue weighted by molar-refractivity contribution is 5.18. The molecule has 0 bridgehead atoms. The number of rotatable bonds is 4. The van der Waals surface area contributed by atoms with Crippen LogP contribution in [-0.4, -0.2) is 13.2 Å². The lowest BCUT2D eigenvalue weighted by Gasteiger charge is -1.88. The van der Waals surface area contributed by atoms with Gasteiger partial charge in [0, 0.05) is 0 Å². The summed E-state index contributed by atoms with van der Waals surface area (Å²) < 4.78 is 5.01. The number of hydrogen-bond acceptors (Lipinski definition) is 1. The minimum atomic E-state index is 0.452. The van der Waals surface area contributed by atoms with Crippen LogP contribution in [0.15, 0.2) is 37.5 Å².